The van der Waals surface area contributed by atoms with Gasteiger partial charge in [-0.15, -0.1) is 0 Å². The van der Waals surface area contributed by atoms with Gasteiger partial charge in [-0.1, -0.05) is 12.1 Å². The van der Waals surface area contributed by atoms with Crippen molar-refractivity contribution in [1.82, 2.24) is 14.9 Å². The van der Waals surface area contributed by atoms with E-state index >= 15 is 0 Å². The molecule has 1 heterocycles. The third kappa shape index (κ3) is 4.08. The van der Waals surface area contributed by atoms with E-state index in [0.29, 0.717) is 30.2 Å². The fourth-order valence-corrected chi connectivity index (χ4v) is 3.29. The average molecular weight is 339 g/mol. The van der Waals surface area contributed by atoms with Crippen LogP contribution in [-0.2, 0) is 16.4 Å². The molecule has 0 bridgehead atoms. The Hall–Kier alpha value is -1.93. The van der Waals surface area contributed by atoms with E-state index < -0.39 is 10.0 Å². The fourth-order valence-electron chi connectivity index (χ4n) is 2.01. The van der Waals surface area contributed by atoms with Gasteiger partial charge in [0, 0.05) is 12.5 Å². The lowest BCUT2D eigenvalue weighted by molar-refractivity contribution is 0.339. The van der Waals surface area contributed by atoms with E-state index in [1.165, 1.54) is 12.1 Å². The Morgan fingerprint density at radius 2 is 2.04 bits per heavy atom. The van der Waals surface area contributed by atoms with E-state index in [1.54, 1.807) is 19.9 Å². The van der Waals surface area contributed by atoms with Gasteiger partial charge in [-0.3, -0.25) is 0 Å². The summed E-state index contributed by atoms with van der Waals surface area (Å²) in [6, 6.07) is 4.38. The number of hydrogen-bond acceptors (Lipinski definition) is 6. The second-order valence-electron chi connectivity index (χ2n) is 5.24. The molecule has 0 radical (unpaired) electrons. The van der Waals surface area contributed by atoms with Gasteiger partial charge in [0.2, 0.25) is 10.0 Å². The highest BCUT2D eigenvalue weighted by molar-refractivity contribution is 7.89. The van der Waals surface area contributed by atoms with Crippen molar-refractivity contribution in [2.24, 2.45) is 0 Å². The van der Waals surface area contributed by atoms with Crippen LogP contribution in [0.5, 0.6) is 5.75 Å². The molecule has 2 aromatic rings. The molecule has 0 spiro atoms. The summed E-state index contributed by atoms with van der Waals surface area (Å²) in [5.74, 6) is 1.30. The predicted octanol–water partition coefficient (Wildman–Crippen LogP) is 2.38. The molecule has 0 aliphatic rings. The van der Waals surface area contributed by atoms with Crippen LogP contribution in [0.25, 0.3) is 11.5 Å². The summed E-state index contributed by atoms with van der Waals surface area (Å²) >= 11 is 0. The normalized spacial score (nSPS) is 11.9. The summed E-state index contributed by atoms with van der Waals surface area (Å²) in [5.41, 5.74) is 0.464. The van der Waals surface area contributed by atoms with Crippen molar-refractivity contribution in [2.45, 2.75) is 45.1 Å². The SMILES string of the molecule is CCOc1ccc(S(=O)(=O)NC(C)C)cc1-c1nc(CC)no1. The Bertz CT molecular complexity index is 769. The maximum absolute atomic E-state index is 12.3. The van der Waals surface area contributed by atoms with Crippen molar-refractivity contribution in [3.8, 4) is 17.2 Å². The summed E-state index contributed by atoms with van der Waals surface area (Å²) in [5, 5.41) is 3.85. The van der Waals surface area contributed by atoms with Crippen molar-refractivity contribution in [3.63, 3.8) is 0 Å². The van der Waals surface area contributed by atoms with Gasteiger partial charge >= 0.3 is 0 Å². The second kappa shape index (κ2) is 7.10. The molecule has 0 unspecified atom stereocenters. The van der Waals surface area contributed by atoms with Crippen molar-refractivity contribution in [3.05, 3.63) is 24.0 Å². The summed E-state index contributed by atoms with van der Waals surface area (Å²) in [7, 11) is -3.62. The molecule has 2 rings (SSSR count). The first-order valence-corrected chi connectivity index (χ1v) is 8.97. The number of aromatic nitrogens is 2. The number of aryl methyl sites for hydroxylation is 1. The highest BCUT2D eigenvalue weighted by atomic mass is 32.2. The van der Waals surface area contributed by atoms with Crippen LogP contribution in [-0.4, -0.2) is 31.2 Å². The molecule has 126 valence electrons. The van der Waals surface area contributed by atoms with E-state index in [2.05, 4.69) is 14.9 Å². The smallest absolute Gasteiger partial charge is 0.261 e. The highest BCUT2D eigenvalue weighted by Crippen LogP contribution is 2.31. The lowest BCUT2D eigenvalue weighted by Gasteiger charge is -2.12. The summed E-state index contributed by atoms with van der Waals surface area (Å²) in [4.78, 5) is 4.38. The Kier molecular flexibility index (Phi) is 5.38. The molecule has 0 saturated heterocycles. The lowest BCUT2D eigenvalue weighted by atomic mass is 10.2. The maximum atomic E-state index is 12.3. The first kappa shape index (κ1) is 17.4. The molecule has 0 atom stereocenters. The number of rotatable bonds is 7. The van der Waals surface area contributed by atoms with Gasteiger partial charge in [-0.05, 0) is 39.0 Å². The monoisotopic (exact) mass is 339 g/mol. The number of ether oxygens (including phenoxy) is 1. The molecule has 0 aliphatic heterocycles. The lowest BCUT2D eigenvalue weighted by Crippen LogP contribution is -2.30. The number of benzene rings is 1. The van der Waals surface area contributed by atoms with Crippen molar-refractivity contribution >= 4 is 10.0 Å². The third-order valence-electron chi connectivity index (χ3n) is 2.97. The third-order valence-corrected chi connectivity index (χ3v) is 4.62. The van der Waals surface area contributed by atoms with Gasteiger partial charge in [-0.25, -0.2) is 13.1 Å². The van der Waals surface area contributed by atoms with Gasteiger partial charge in [0.15, 0.2) is 5.82 Å². The zero-order chi connectivity index (χ0) is 17.0. The minimum Gasteiger partial charge on any atom is -0.493 e. The molecule has 0 amide bonds. The van der Waals surface area contributed by atoms with Crippen molar-refractivity contribution in [1.29, 1.82) is 0 Å². The number of nitrogens with zero attached hydrogens (tertiary/aromatic N) is 2. The van der Waals surface area contributed by atoms with Crippen molar-refractivity contribution < 1.29 is 17.7 Å². The van der Waals surface area contributed by atoms with Crippen LogP contribution < -0.4 is 9.46 Å². The largest absolute Gasteiger partial charge is 0.493 e. The molecule has 0 aliphatic carbocycles. The minimum absolute atomic E-state index is 0.126. The highest BCUT2D eigenvalue weighted by Gasteiger charge is 2.21. The van der Waals surface area contributed by atoms with Crippen LogP contribution in [0.1, 0.15) is 33.5 Å². The van der Waals surface area contributed by atoms with Gasteiger partial charge < -0.3 is 9.26 Å². The van der Waals surface area contributed by atoms with Crippen LogP contribution >= 0.6 is 0 Å². The molecule has 7 nitrogen and oxygen atoms in total. The topological polar surface area (TPSA) is 94.3 Å². The molecule has 8 heteroatoms. The van der Waals surface area contributed by atoms with Crippen LogP contribution in [0.15, 0.2) is 27.6 Å². The quantitative estimate of drug-likeness (QED) is 0.832. The van der Waals surface area contributed by atoms with Crippen LogP contribution in [0.4, 0.5) is 0 Å². The van der Waals surface area contributed by atoms with Gasteiger partial charge in [0.1, 0.15) is 5.75 Å². The van der Waals surface area contributed by atoms with E-state index in [1.807, 2.05) is 13.8 Å². The second-order valence-corrected chi connectivity index (χ2v) is 6.95. The van der Waals surface area contributed by atoms with Crippen LogP contribution in [0.3, 0.4) is 0 Å². The van der Waals surface area contributed by atoms with E-state index in [9.17, 15) is 8.42 Å². The molecule has 0 fully saturated rings. The average Bonchev–Trinajstić information content (AvgIpc) is 2.95. The molecular formula is C15H21N3O4S. The fraction of sp³-hybridized carbons (Fsp3) is 0.467. The van der Waals surface area contributed by atoms with Crippen LogP contribution in [0.2, 0.25) is 0 Å². The first-order valence-electron chi connectivity index (χ1n) is 7.49. The number of hydrogen-bond donors (Lipinski definition) is 1. The van der Waals surface area contributed by atoms with E-state index in [4.69, 9.17) is 9.26 Å². The summed E-state index contributed by atoms with van der Waals surface area (Å²) in [6.45, 7) is 7.72. The minimum atomic E-state index is -3.62. The molecule has 1 N–H and O–H groups in total. The molecular weight excluding hydrogens is 318 g/mol. The maximum Gasteiger partial charge on any atom is 0.261 e. The standard InChI is InChI=1S/C15H21N3O4S/c1-5-14-16-15(22-17-14)12-9-11(7-8-13(12)21-6-2)23(19,20)18-10(3)4/h7-10,18H,5-6H2,1-4H3. The molecule has 23 heavy (non-hydrogen) atoms. The zero-order valence-electron chi connectivity index (χ0n) is 13.7. The molecule has 1 aromatic carbocycles. The Morgan fingerprint density at radius 1 is 1.30 bits per heavy atom. The summed E-state index contributed by atoms with van der Waals surface area (Å²) < 4.78 is 38.0. The van der Waals surface area contributed by atoms with Gasteiger partial charge in [0.25, 0.3) is 5.89 Å². The first-order chi connectivity index (χ1) is 10.9. The Morgan fingerprint density at radius 3 is 2.61 bits per heavy atom. The number of nitrogens with one attached hydrogen (secondary N) is 1. The van der Waals surface area contributed by atoms with Crippen LogP contribution in [0, 0.1) is 0 Å². The Balaban J connectivity index is 2.51. The number of sulfonamides is 1. The van der Waals surface area contributed by atoms with E-state index in [-0.39, 0.29) is 16.8 Å². The summed E-state index contributed by atoms with van der Waals surface area (Å²) in [6.07, 6.45) is 0.625. The zero-order valence-corrected chi connectivity index (χ0v) is 14.5. The van der Waals surface area contributed by atoms with Gasteiger partial charge in [0.05, 0.1) is 17.1 Å². The Labute approximate surface area is 136 Å². The predicted molar refractivity (Wildman–Crippen MR) is 85.7 cm³/mol. The van der Waals surface area contributed by atoms with Gasteiger partial charge in [-0.2, -0.15) is 4.98 Å². The van der Waals surface area contributed by atoms with E-state index in [0.717, 1.165) is 0 Å². The van der Waals surface area contributed by atoms with Crippen molar-refractivity contribution in [2.75, 3.05) is 6.61 Å². The molecule has 1 aromatic heterocycles. The molecule has 0 saturated carbocycles.